The summed E-state index contributed by atoms with van der Waals surface area (Å²) in [5.74, 6) is 0.193. The normalized spacial score (nSPS) is 12.1. The number of ether oxygens (including phenoxy) is 1. The third-order valence-electron chi connectivity index (χ3n) is 3.19. The van der Waals surface area contributed by atoms with Crippen LogP contribution in [-0.4, -0.2) is 22.6 Å². The van der Waals surface area contributed by atoms with Crippen LogP contribution in [0.4, 0.5) is 5.82 Å². The van der Waals surface area contributed by atoms with Crippen LogP contribution in [0.1, 0.15) is 31.9 Å². The molecule has 0 bridgehead atoms. The number of nitriles is 1. The smallest absolute Gasteiger partial charge is 0.329 e. The van der Waals surface area contributed by atoms with Gasteiger partial charge < -0.3 is 10.1 Å². The van der Waals surface area contributed by atoms with Crippen LogP contribution in [0, 0.1) is 11.3 Å². The average molecular weight is 323 g/mol. The Morgan fingerprint density at radius 3 is 2.50 bits per heavy atom. The van der Waals surface area contributed by atoms with Crippen LogP contribution < -0.4 is 5.32 Å². The van der Waals surface area contributed by atoms with Crippen molar-refractivity contribution in [2.45, 2.75) is 38.8 Å². The molecule has 0 fully saturated rings. The van der Waals surface area contributed by atoms with Crippen LogP contribution in [0.3, 0.4) is 0 Å². The van der Waals surface area contributed by atoms with Gasteiger partial charge in [-0.15, -0.1) is 0 Å². The van der Waals surface area contributed by atoms with Crippen LogP contribution in [0.15, 0.2) is 48.7 Å². The number of carbonyl (C=O) groups is 1. The number of benzene rings is 1. The van der Waals surface area contributed by atoms with E-state index in [0.29, 0.717) is 17.8 Å². The topological polar surface area (TPSA) is 75.0 Å². The molecule has 0 radical (unpaired) electrons. The molecule has 124 valence electrons. The molecule has 0 saturated carbocycles. The van der Waals surface area contributed by atoms with Crippen molar-refractivity contribution in [3.05, 3.63) is 59.8 Å². The summed E-state index contributed by atoms with van der Waals surface area (Å²) in [5.41, 5.74) is 0.929. The Morgan fingerprint density at radius 2 is 1.96 bits per heavy atom. The van der Waals surface area contributed by atoms with Gasteiger partial charge in [0.1, 0.15) is 23.5 Å². The molecule has 2 rings (SSSR count). The van der Waals surface area contributed by atoms with Gasteiger partial charge in [0.25, 0.3) is 0 Å². The Bertz CT molecular complexity index is 713. The molecule has 2 aromatic rings. The predicted molar refractivity (Wildman–Crippen MR) is 92.4 cm³/mol. The van der Waals surface area contributed by atoms with E-state index in [4.69, 9.17) is 10.00 Å². The lowest BCUT2D eigenvalue weighted by Crippen LogP contribution is -2.38. The molecule has 5 heteroatoms. The van der Waals surface area contributed by atoms with Crippen molar-refractivity contribution in [1.82, 2.24) is 4.98 Å². The minimum Gasteiger partial charge on any atom is -0.458 e. The van der Waals surface area contributed by atoms with Crippen molar-refractivity contribution >= 4 is 11.8 Å². The van der Waals surface area contributed by atoms with Gasteiger partial charge in [0, 0.05) is 12.6 Å². The summed E-state index contributed by atoms with van der Waals surface area (Å²) in [6.07, 6.45) is 1.95. The first-order valence-electron chi connectivity index (χ1n) is 7.77. The van der Waals surface area contributed by atoms with E-state index in [1.807, 2.05) is 57.2 Å². The molecule has 1 heterocycles. The van der Waals surface area contributed by atoms with Crippen molar-refractivity contribution in [2.24, 2.45) is 0 Å². The van der Waals surface area contributed by atoms with Gasteiger partial charge in [0.15, 0.2) is 0 Å². The Labute approximate surface area is 142 Å². The fourth-order valence-electron chi connectivity index (χ4n) is 2.14. The average Bonchev–Trinajstić information content (AvgIpc) is 2.54. The molecule has 0 aliphatic carbocycles. The lowest BCUT2D eigenvalue weighted by Gasteiger charge is -2.25. The number of carbonyl (C=O) groups excluding carboxylic acids is 1. The molecule has 5 nitrogen and oxygen atoms in total. The number of hydrogen-bond acceptors (Lipinski definition) is 5. The van der Waals surface area contributed by atoms with Crippen molar-refractivity contribution in [3.8, 4) is 6.07 Å². The van der Waals surface area contributed by atoms with E-state index < -0.39 is 11.6 Å². The van der Waals surface area contributed by atoms with Gasteiger partial charge in [-0.05, 0) is 38.5 Å². The first-order valence-corrected chi connectivity index (χ1v) is 7.77. The highest BCUT2D eigenvalue weighted by molar-refractivity contribution is 5.79. The molecule has 1 unspecified atom stereocenters. The standard InChI is InChI=1S/C19H21N3O2/c1-19(2,3)24-18(23)16(11-14-7-5-4-6-8-14)22-17-10-9-15(12-20)13-21-17/h4-10,13,16H,11H2,1-3H3,(H,21,22). The molecule has 1 aromatic carbocycles. The Morgan fingerprint density at radius 1 is 1.25 bits per heavy atom. The summed E-state index contributed by atoms with van der Waals surface area (Å²) < 4.78 is 5.51. The summed E-state index contributed by atoms with van der Waals surface area (Å²) in [5, 5.41) is 11.9. The maximum absolute atomic E-state index is 12.5. The number of aromatic nitrogens is 1. The third kappa shape index (κ3) is 5.40. The monoisotopic (exact) mass is 323 g/mol. The van der Waals surface area contributed by atoms with E-state index in [9.17, 15) is 4.79 Å². The van der Waals surface area contributed by atoms with Crippen LogP contribution in [0.2, 0.25) is 0 Å². The van der Waals surface area contributed by atoms with Crippen molar-refractivity contribution in [2.75, 3.05) is 5.32 Å². The summed E-state index contributed by atoms with van der Waals surface area (Å²) in [7, 11) is 0. The summed E-state index contributed by atoms with van der Waals surface area (Å²) >= 11 is 0. The lowest BCUT2D eigenvalue weighted by molar-refractivity contribution is -0.155. The van der Waals surface area contributed by atoms with E-state index in [2.05, 4.69) is 10.3 Å². The van der Waals surface area contributed by atoms with E-state index in [1.165, 1.54) is 6.20 Å². The minimum atomic E-state index is -0.564. The maximum atomic E-state index is 12.5. The third-order valence-corrected chi connectivity index (χ3v) is 3.19. The molecular weight excluding hydrogens is 302 g/mol. The maximum Gasteiger partial charge on any atom is 0.329 e. The largest absolute Gasteiger partial charge is 0.458 e. The Balaban J connectivity index is 2.17. The molecule has 1 atom stereocenters. The number of esters is 1. The van der Waals surface area contributed by atoms with E-state index in [0.717, 1.165) is 5.56 Å². The van der Waals surface area contributed by atoms with Crippen molar-refractivity contribution in [1.29, 1.82) is 5.26 Å². The van der Waals surface area contributed by atoms with Crippen molar-refractivity contribution in [3.63, 3.8) is 0 Å². The number of hydrogen-bond donors (Lipinski definition) is 1. The van der Waals surface area contributed by atoms with Crippen LogP contribution in [-0.2, 0) is 16.0 Å². The van der Waals surface area contributed by atoms with Gasteiger partial charge in [0.05, 0.1) is 5.56 Å². The second-order valence-corrected chi connectivity index (χ2v) is 6.46. The van der Waals surface area contributed by atoms with Gasteiger partial charge in [0.2, 0.25) is 0 Å². The fourth-order valence-corrected chi connectivity index (χ4v) is 2.14. The molecule has 24 heavy (non-hydrogen) atoms. The summed E-state index contributed by atoms with van der Waals surface area (Å²) in [6, 6.07) is 14.5. The van der Waals surface area contributed by atoms with Crippen LogP contribution in [0.25, 0.3) is 0 Å². The lowest BCUT2D eigenvalue weighted by atomic mass is 10.1. The zero-order valence-corrected chi connectivity index (χ0v) is 14.1. The summed E-state index contributed by atoms with van der Waals surface area (Å²) in [6.45, 7) is 5.51. The second kappa shape index (κ2) is 7.60. The SMILES string of the molecule is CC(C)(C)OC(=O)C(Cc1ccccc1)Nc1ccc(C#N)cn1. The Hall–Kier alpha value is -2.87. The van der Waals surface area contributed by atoms with Gasteiger partial charge in [-0.1, -0.05) is 30.3 Å². The van der Waals surface area contributed by atoms with Gasteiger partial charge in [-0.25, -0.2) is 9.78 Å². The quantitative estimate of drug-likeness (QED) is 0.854. The van der Waals surface area contributed by atoms with Gasteiger partial charge in [-0.3, -0.25) is 0 Å². The molecule has 0 aliphatic rings. The number of nitrogens with one attached hydrogen (secondary N) is 1. The first kappa shape index (κ1) is 17.5. The number of pyridine rings is 1. The highest BCUT2D eigenvalue weighted by Crippen LogP contribution is 2.15. The molecule has 0 aliphatic heterocycles. The van der Waals surface area contributed by atoms with E-state index >= 15 is 0 Å². The number of rotatable bonds is 5. The zero-order valence-electron chi connectivity index (χ0n) is 14.1. The summed E-state index contributed by atoms with van der Waals surface area (Å²) in [4.78, 5) is 16.7. The molecular formula is C19H21N3O2. The zero-order chi connectivity index (χ0) is 17.6. The van der Waals surface area contributed by atoms with Crippen LogP contribution >= 0.6 is 0 Å². The molecule has 0 spiro atoms. The highest BCUT2D eigenvalue weighted by Gasteiger charge is 2.25. The van der Waals surface area contributed by atoms with Gasteiger partial charge >= 0.3 is 5.97 Å². The second-order valence-electron chi connectivity index (χ2n) is 6.46. The van der Waals surface area contributed by atoms with Crippen LogP contribution in [0.5, 0.6) is 0 Å². The fraction of sp³-hybridized carbons (Fsp3) is 0.316. The molecule has 1 N–H and O–H groups in total. The molecule has 0 saturated heterocycles. The predicted octanol–water partition coefficient (Wildman–Crippen LogP) is 3.32. The number of nitrogens with zero attached hydrogens (tertiary/aromatic N) is 2. The molecule has 0 amide bonds. The minimum absolute atomic E-state index is 0.336. The highest BCUT2D eigenvalue weighted by atomic mass is 16.6. The van der Waals surface area contributed by atoms with E-state index in [1.54, 1.807) is 12.1 Å². The Kier molecular flexibility index (Phi) is 5.54. The van der Waals surface area contributed by atoms with E-state index in [-0.39, 0.29) is 5.97 Å². The van der Waals surface area contributed by atoms with Gasteiger partial charge in [-0.2, -0.15) is 5.26 Å². The molecule has 1 aromatic heterocycles. The van der Waals surface area contributed by atoms with Crippen molar-refractivity contribution < 1.29 is 9.53 Å². The first-order chi connectivity index (χ1) is 11.4. The number of anilines is 1.